The van der Waals surface area contributed by atoms with Crippen LogP contribution in [0.3, 0.4) is 0 Å². The number of aliphatic hydroxyl groups is 1. The molecule has 1 rings (SSSR count). The average molecular weight is 248 g/mol. The Hall–Kier alpha value is -1.12. The molecule has 2 nitrogen and oxygen atoms in total. The summed E-state index contributed by atoms with van der Waals surface area (Å²) in [6.45, 7) is 8.91. The zero-order chi connectivity index (χ0) is 13.6. The molecule has 0 heterocycles. The van der Waals surface area contributed by atoms with Gasteiger partial charge < -0.3 is 9.84 Å². The first-order valence-electron chi connectivity index (χ1n) is 6.48. The summed E-state index contributed by atoms with van der Waals surface area (Å²) in [4.78, 5) is 0. The van der Waals surface area contributed by atoms with Gasteiger partial charge in [0.2, 0.25) is 0 Å². The Bertz CT molecular complexity index is 362. The Balaban J connectivity index is 2.82. The first-order valence-corrected chi connectivity index (χ1v) is 6.48. The predicted octanol–water partition coefficient (Wildman–Crippen LogP) is 3.73. The maximum Gasteiger partial charge on any atom is 0.109 e. The van der Waals surface area contributed by atoms with Crippen molar-refractivity contribution in [2.24, 2.45) is 5.41 Å². The minimum absolute atomic E-state index is 0.0890. The van der Waals surface area contributed by atoms with Gasteiger partial charge in [0.25, 0.3) is 0 Å². The molecule has 18 heavy (non-hydrogen) atoms. The van der Waals surface area contributed by atoms with E-state index in [4.69, 9.17) is 4.74 Å². The summed E-state index contributed by atoms with van der Waals surface area (Å²) in [5.41, 5.74) is 0.973. The molecule has 2 atom stereocenters. The van der Waals surface area contributed by atoms with Gasteiger partial charge in [0.05, 0.1) is 0 Å². The maximum absolute atomic E-state index is 10.3. The van der Waals surface area contributed by atoms with Crippen molar-refractivity contribution in [1.82, 2.24) is 0 Å². The highest BCUT2D eigenvalue weighted by molar-refractivity contribution is 5.20. The van der Waals surface area contributed by atoms with E-state index in [1.165, 1.54) is 0 Å². The second-order valence-electron chi connectivity index (χ2n) is 5.50. The fourth-order valence-electron chi connectivity index (χ4n) is 1.67. The fourth-order valence-corrected chi connectivity index (χ4v) is 1.67. The Morgan fingerprint density at radius 1 is 1.22 bits per heavy atom. The molecule has 0 radical (unpaired) electrons. The lowest BCUT2D eigenvalue weighted by atomic mass is 9.94. The second-order valence-corrected chi connectivity index (χ2v) is 5.50. The highest BCUT2D eigenvalue weighted by Crippen LogP contribution is 2.22. The van der Waals surface area contributed by atoms with E-state index < -0.39 is 6.10 Å². The zero-order valence-electron chi connectivity index (χ0n) is 11.8. The average Bonchev–Trinajstić information content (AvgIpc) is 2.33. The van der Waals surface area contributed by atoms with Gasteiger partial charge in [0.1, 0.15) is 12.2 Å². The number of ether oxygens (including phenoxy) is 1. The van der Waals surface area contributed by atoms with E-state index in [0.29, 0.717) is 6.61 Å². The van der Waals surface area contributed by atoms with Crippen molar-refractivity contribution in [2.45, 2.75) is 39.9 Å². The molecular formula is C16H24O2. The number of hydrogen-bond donors (Lipinski definition) is 1. The molecule has 0 saturated carbocycles. The molecule has 0 aliphatic heterocycles. The van der Waals surface area contributed by atoms with Crippen LogP contribution in [0.25, 0.3) is 0 Å². The van der Waals surface area contributed by atoms with E-state index in [1.54, 1.807) is 0 Å². The van der Waals surface area contributed by atoms with Crippen molar-refractivity contribution in [2.75, 3.05) is 6.61 Å². The van der Waals surface area contributed by atoms with E-state index >= 15 is 0 Å². The molecule has 0 aromatic heterocycles. The number of benzene rings is 1. The van der Waals surface area contributed by atoms with Crippen LogP contribution in [0.2, 0.25) is 0 Å². The van der Waals surface area contributed by atoms with Crippen LogP contribution in [0.5, 0.6) is 0 Å². The van der Waals surface area contributed by atoms with E-state index in [2.05, 4.69) is 26.8 Å². The largest absolute Gasteiger partial charge is 0.385 e. The summed E-state index contributed by atoms with van der Waals surface area (Å²) in [5, 5.41) is 10.3. The van der Waals surface area contributed by atoms with Gasteiger partial charge in [-0.3, -0.25) is 0 Å². The molecule has 0 saturated heterocycles. The highest BCUT2D eigenvalue weighted by Gasteiger charge is 2.19. The molecular weight excluding hydrogens is 224 g/mol. The van der Waals surface area contributed by atoms with Crippen molar-refractivity contribution in [3.8, 4) is 0 Å². The fraction of sp³-hybridized carbons (Fsp3) is 0.500. The molecule has 2 heteroatoms. The van der Waals surface area contributed by atoms with Gasteiger partial charge in [0, 0.05) is 6.61 Å². The van der Waals surface area contributed by atoms with Crippen LogP contribution in [0.1, 0.15) is 39.4 Å². The Morgan fingerprint density at radius 3 is 2.33 bits per heavy atom. The number of aliphatic hydroxyl groups excluding tert-OH is 1. The van der Waals surface area contributed by atoms with Crippen molar-refractivity contribution in [1.29, 1.82) is 0 Å². The number of allylic oxidation sites excluding steroid dienone is 1. The Kier molecular flexibility index (Phi) is 5.57. The summed E-state index contributed by atoms with van der Waals surface area (Å²) in [5.74, 6) is 0. The Morgan fingerprint density at radius 2 is 1.83 bits per heavy atom. The van der Waals surface area contributed by atoms with Gasteiger partial charge in [-0.2, -0.15) is 0 Å². The van der Waals surface area contributed by atoms with Crippen LogP contribution in [-0.4, -0.2) is 17.8 Å². The third kappa shape index (κ3) is 5.03. The minimum atomic E-state index is -0.621. The standard InChI is InChI=1S/C16H24O2/c1-5-18-14(11-12-16(2,3)4)15(17)13-9-7-6-8-10-13/h6-12,14-15,17H,5H2,1-4H3/b12-11+/t14-,15+/m0/s1. The van der Waals surface area contributed by atoms with Gasteiger partial charge >= 0.3 is 0 Å². The second kappa shape index (κ2) is 6.72. The van der Waals surface area contributed by atoms with Gasteiger partial charge in [-0.1, -0.05) is 63.3 Å². The van der Waals surface area contributed by atoms with Crippen molar-refractivity contribution < 1.29 is 9.84 Å². The van der Waals surface area contributed by atoms with Gasteiger partial charge in [-0.25, -0.2) is 0 Å². The molecule has 1 aromatic carbocycles. The summed E-state index contributed by atoms with van der Waals surface area (Å²) in [6, 6.07) is 9.63. The summed E-state index contributed by atoms with van der Waals surface area (Å²) >= 11 is 0. The van der Waals surface area contributed by atoms with Crippen LogP contribution in [0.15, 0.2) is 42.5 Å². The molecule has 0 fully saturated rings. The van der Waals surface area contributed by atoms with E-state index in [-0.39, 0.29) is 11.5 Å². The topological polar surface area (TPSA) is 29.5 Å². The SMILES string of the molecule is CCO[C@@H](/C=C/C(C)(C)C)[C@H](O)c1ccccc1. The quantitative estimate of drug-likeness (QED) is 0.805. The minimum Gasteiger partial charge on any atom is -0.385 e. The van der Waals surface area contributed by atoms with Crippen LogP contribution in [-0.2, 0) is 4.74 Å². The molecule has 0 aliphatic rings. The molecule has 0 aliphatic carbocycles. The first-order chi connectivity index (χ1) is 8.44. The van der Waals surface area contributed by atoms with Crippen LogP contribution < -0.4 is 0 Å². The predicted molar refractivity (Wildman–Crippen MR) is 75.4 cm³/mol. The highest BCUT2D eigenvalue weighted by atomic mass is 16.5. The number of hydrogen-bond acceptors (Lipinski definition) is 2. The lowest BCUT2D eigenvalue weighted by Gasteiger charge is -2.22. The zero-order valence-corrected chi connectivity index (χ0v) is 11.8. The monoisotopic (exact) mass is 248 g/mol. The molecule has 0 spiro atoms. The van der Waals surface area contributed by atoms with E-state index in [9.17, 15) is 5.11 Å². The number of rotatable bonds is 5. The van der Waals surface area contributed by atoms with E-state index in [0.717, 1.165) is 5.56 Å². The normalized spacial score (nSPS) is 15.8. The maximum atomic E-state index is 10.3. The molecule has 1 N–H and O–H groups in total. The van der Waals surface area contributed by atoms with Crippen LogP contribution in [0, 0.1) is 5.41 Å². The van der Waals surface area contributed by atoms with Gasteiger partial charge in [-0.15, -0.1) is 0 Å². The molecule has 0 amide bonds. The lowest BCUT2D eigenvalue weighted by molar-refractivity contribution is -0.00616. The van der Waals surface area contributed by atoms with Crippen molar-refractivity contribution in [3.63, 3.8) is 0 Å². The van der Waals surface area contributed by atoms with Crippen molar-refractivity contribution in [3.05, 3.63) is 48.0 Å². The summed E-state index contributed by atoms with van der Waals surface area (Å²) < 4.78 is 5.62. The lowest BCUT2D eigenvalue weighted by Crippen LogP contribution is -2.20. The van der Waals surface area contributed by atoms with Crippen LogP contribution in [0.4, 0.5) is 0 Å². The summed E-state index contributed by atoms with van der Waals surface area (Å²) in [7, 11) is 0. The van der Waals surface area contributed by atoms with Gasteiger partial charge in [0.15, 0.2) is 0 Å². The molecule has 100 valence electrons. The smallest absolute Gasteiger partial charge is 0.109 e. The van der Waals surface area contributed by atoms with Crippen LogP contribution >= 0.6 is 0 Å². The van der Waals surface area contributed by atoms with Gasteiger partial charge in [-0.05, 0) is 17.9 Å². The van der Waals surface area contributed by atoms with E-state index in [1.807, 2.05) is 43.3 Å². The summed E-state index contributed by atoms with van der Waals surface area (Å²) in [6.07, 6.45) is 3.13. The first kappa shape index (κ1) is 14.9. The Labute approximate surface area is 110 Å². The third-order valence-electron chi connectivity index (χ3n) is 2.60. The van der Waals surface area contributed by atoms with Crippen molar-refractivity contribution >= 4 is 0 Å². The third-order valence-corrected chi connectivity index (χ3v) is 2.60. The molecule has 1 aromatic rings. The molecule has 0 unspecified atom stereocenters. The molecule has 0 bridgehead atoms.